The first-order chi connectivity index (χ1) is 9.15. The van der Waals surface area contributed by atoms with E-state index in [0.29, 0.717) is 6.04 Å². The van der Waals surface area contributed by atoms with Crippen LogP contribution < -0.4 is 5.73 Å². The highest BCUT2D eigenvalue weighted by Gasteiger charge is 2.12. The maximum Gasteiger partial charge on any atom is 0.0307 e. The van der Waals surface area contributed by atoms with Crippen molar-refractivity contribution in [2.24, 2.45) is 5.73 Å². The van der Waals surface area contributed by atoms with Gasteiger partial charge in [0.05, 0.1) is 0 Å². The highest BCUT2D eigenvalue weighted by atomic mass is 15.1. The van der Waals surface area contributed by atoms with Crippen LogP contribution in [0.1, 0.15) is 58.1 Å². The zero-order valence-electron chi connectivity index (χ0n) is 12.8. The van der Waals surface area contributed by atoms with Gasteiger partial charge in [-0.2, -0.15) is 0 Å². The maximum atomic E-state index is 6.27. The lowest BCUT2D eigenvalue weighted by atomic mass is 10.0. The molecule has 0 fully saturated rings. The van der Waals surface area contributed by atoms with Crippen molar-refractivity contribution in [2.45, 2.75) is 58.5 Å². The van der Waals surface area contributed by atoms with Crippen molar-refractivity contribution in [3.8, 4) is 0 Å². The average Bonchev–Trinajstić information content (AvgIpc) is 2.43. The molecule has 2 heteroatoms. The number of rotatable bonds is 9. The summed E-state index contributed by atoms with van der Waals surface area (Å²) < 4.78 is 0. The zero-order valence-corrected chi connectivity index (χ0v) is 12.8. The summed E-state index contributed by atoms with van der Waals surface area (Å²) in [6.45, 7) is 9.11. The molecular weight excluding hydrogens is 232 g/mol. The summed E-state index contributed by atoms with van der Waals surface area (Å²) in [5.74, 6) is 0. The second kappa shape index (κ2) is 9.11. The molecule has 1 aromatic carbocycles. The van der Waals surface area contributed by atoms with Gasteiger partial charge in [0.2, 0.25) is 0 Å². The van der Waals surface area contributed by atoms with Gasteiger partial charge in [-0.15, -0.1) is 0 Å². The Morgan fingerprint density at radius 1 is 1.05 bits per heavy atom. The standard InChI is InChI=1S/C17H30N2/c1-4-5-9-13-19(15(2)3)14-12-17(18)16-10-7-6-8-11-16/h6-8,10-11,15,17H,4-5,9,12-14,18H2,1-3H3. The van der Waals surface area contributed by atoms with Crippen LogP contribution in [0.25, 0.3) is 0 Å². The second-order valence-corrected chi connectivity index (χ2v) is 5.64. The molecule has 0 radical (unpaired) electrons. The van der Waals surface area contributed by atoms with Crippen molar-refractivity contribution in [1.82, 2.24) is 4.90 Å². The number of hydrogen-bond acceptors (Lipinski definition) is 2. The smallest absolute Gasteiger partial charge is 0.0307 e. The lowest BCUT2D eigenvalue weighted by Crippen LogP contribution is -2.34. The molecule has 0 aliphatic heterocycles. The molecular formula is C17H30N2. The fraction of sp³-hybridized carbons (Fsp3) is 0.647. The minimum atomic E-state index is 0.161. The molecule has 0 bridgehead atoms. The SMILES string of the molecule is CCCCCN(CCC(N)c1ccccc1)C(C)C. The van der Waals surface area contributed by atoms with Gasteiger partial charge in [-0.3, -0.25) is 0 Å². The van der Waals surface area contributed by atoms with Crippen LogP contribution in [-0.2, 0) is 0 Å². The Balaban J connectivity index is 2.38. The van der Waals surface area contributed by atoms with Crippen molar-refractivity contribution in [3.63, 3.8) is 0 Å². The monoisotopic (exact) mass is 262 g/mol. The number of unbranched alkanes of at least 4 members (excludes halogenated alkanes) is 2. The quantitative estimate of drug-likeness (QED) is 0.682. The number of hydrogen-bond donors (Lipinski definition) is 1. The van der Waals surface area contributed by atoms with Gasteiger partial charge in [0.1, 0.15) is 0 Å². The summed E-state index contributed by atoms with van der Waals surface area (Å²) in [4.78, 5) is 2.55. The highest BCUT2D eigenvalue weighted by molar-refractivity contribution is 5.18. The highest BCUT2D eigenvalue weighted by Crippen LogP contribution is 2.15. The minimum absolute atomic E-state index is 0.161. The van der Waals surface area contributed by atoms with E-state index in [0.717, 1.165) is 13.0 Å². The lowest BCUT2D eigenvalue weighted by molar-refractivity contribution is 0.209. The van der Waals surface area contributed by atoms with Gasteiger partial charge in [0.15, 0.2) is 0 Å². The summed E-state index contributed by atoms with van der Waals surface area (Å²) in [6, 6.07) is 11.2. The molecule has 0 heterocycles. The van der Waals surface area contributed by atoms with E-state index < -0.39 is 0 Å². The van der Waals surface area contributed by atoms with E-state index in [1.165, 1.54) is 31.4 Å². The summed E-state index contributed by atoms with van der Waals surface area (Å²) in [5.41, 5.74) is 7.52. The van der Waals surface area contributed by atoms with Crippen LogP contribution >= 0.6 is 0 Å². The van der Waals surface area contributed by atoms with Crippen molar-refractivity contribution >= 4 is 0 Å². The minimum Gasteiger partial charge on any atom is -0.324 e. The topological polar surface area (TPSA) is 29.3 Å². The molecule has 1 rings (SSSR count). The van der Waals surface area contributed by atoms with E-state index >= 15 is 0 Å². The average molecular weight is 262 g/mol. The molecule has 1 unspecified atom stereocenters. The first kappa shape index (κ1) is 16.2. The third kappa shape index (κ3) is 6.22. The summed E-state index contributed by atoms with van der Waals surface area (Å²) in [7, 11) is 0. The van der Waals surface area contributed by atoms with Crippen molar-refractivity contribution in [3.05, 3.63) is 35.9 Å². The van der Waals surface area contributed by atoms with Gasteiger partial charge in [-0.1, -0.05) is 50.1 Å². The molecule has 0 aliphatic rings. The van der Waals surface area contributed by atoms with E-state index in [1.54, 1.807) is 0 Å². The Kier molecular flexibility index (Phi) is 7.76. The predicted octanol–water partition coefficient (Wildman–Crippen LogP) is 3.98. The molecule has 0 aliphatic carbocycles. The van der Waals surface area contributed by atoms with Crippen LogP contribution in [0.2, 0.25) is 0 Å². The van der Waals surface area contributed by atoms with Gasteiger partial charge in [-0.05, 0) is 38.8 Å². The number of nitrogens with zero attached hydrogens (tertiary/aromatic N) is 1. The van der Waals surface area contributed by atoms with Crippen LogP contribution in [0, 0.1) is 0 Å². The number of nitrogens with two attached hydrogens (primary N) is 1. The summed E-state index contributed by atoms with van der Waals surface area (Å²) in [5, 5.41) is 0. The Morgan fingerprint density at radius 3 is 2.32 bits per heavy atom. The van der Waals surface area contributed by atoms with Gasteiger partial charge < -0.3 is 10.6 Å². The van der Waals surface area contributed by atoms with Crippen LogP contribution in [0.4, 0.5) is 0 Å². The molecule has 2 N–H and O–H groups in total. The molecule has 1 atom stereocenters. The third-order valence-electron chi connectivity index (χ3n) is 3.73. The Bertz CT molecular complexity index is 321. The van der Waals surface area contributed by atoms with Gasteiger partial charge in [-0.25, -0.2) is 0 Å². The van der Waals surface area contributed by atoms with E-state index in [-0.39, 0.29) is 6.04 Å². The Morgan fingerprint density at radius 2 is 1.74 bits per heavy atom. The molecule has 108 valence electrons. The predicted molar refractivity (Wildman–Crippen MR) is 84.2 cm³/mol. The van der Waals surface area contributed by atoms with Crippen LogP contribution in [-0.4, -0.2) is 24.0 Å². The normalized spacial score (nSPS) is 13.2. The fourth-order valence-electron chi connectivity index (χ4n) is 2.36. The van der Waals surface area contributed by atoms with E-state index in [4.69, 9.17) is 5.73 Å². The zero-order chi connectivity index (χ0) is 14.1. The largest absolute Gasteiger partial charge is 0.324 e. The third-order valence-corrected chi connectivity index (χ3v) is 3.73. The number of benzene rings is 1. The summed E-state index contributed by atoms with van der Waals surface area (Å²) >= 11 is 0. The van der Waals surface area contributed by atoms with Crippen molar-refractivity contribution in [2.75, 3.05) is 13.1 Å². The maximum absolute atomic E-state index is 6.27. The van der Waals surface area contributed by atoms with Crippen molar-refractivity contribution in [1.29, 1.82) is 0 Å². The molecule has 19 heavy (non-hydrogen) atoms. The van der Waals surface area contributed by atoms with E-state index in [1.807, 2.05) is 6.07 Å². The fourth-order valence-corrected chi connectivity index (χ4v) is 2.36. The Hall–Kier alpha value is -0.860. The van der Waals surface area contributed by atoms with Crippen molar-refractivity contribution < 1.29 is 0 Å². The van der Waals surface area contributed by atoms with Crippen LogP contribution in [0.5, 0.6) is 0 Å². The molecule has 0 spiro atoms. The first-order valence-electron chi connectivity index (χ1n) is 7.69. The molecule has 0 saturated carbocycles. The van der Waals surface area contributed by atoms with Gasteiger partial charge >= 0.3 is 0 Å². The van der Waals surface area contributed by atoms with Crippen LogP contribution in [0.3, 0.4) is 0 Å². The Labute approximate surface area is 119 Å². The first-order valence-corrected chi connectivity index (χ1v) is 7.69. The van der Waals surface area contributed by atoms with Gasteiger partial charge in [0.25, 0.3) is 0 Å². The van der Waals surface area contributed by atoms with Gasteiger partial charge in [0, 0.05) is 18.6 Å². The molecule has 2 nitrogen and oxygen atoms in total. The van der Waals surface area contributed by atoms with Crippen LogP contribution in [0.15, 0.2) is 30.3 Å². The molecule has 0 saturated heterocycles. The van der Waals surface area contributed by atoms with E-state index in [2.05, 4.69) is 49.9 Å². The summed E-state index contributed by atoms with van der Waals surface area (Å²) in [6.07, 6.45) is 4.95. The molecule has 1 aromatic rings. The molecule has 0 aromatic heterocycles. The van der Waals surface area contributed by atoms with E-state index in [9.17, 15) is 0 Å². The lowest BCUT2D eigenvalue weighted by Gasteiger charge is -2.27. The molecule has 0 amide bonds. The second-order valence-electron chi connectivity index (χ2n) is 5.64.